The van der Waals surface area contributed by atoms with Gasteiger partial charge in [-0.25, -0.2) is 0 Å². The fourth-order valence-electron chi connectivity index (χ4n) is 3.47. The second-order valence-corrected chi connectivity index (χ2v) is 6.53. The first kappa shape index (κ1) is 14.8. The van der Waals surface area contributed by atoms with Crippen molar-refractivity contribution in [3.63, 3.8) is 0 Å². The Labute approximate surface area is 129 Å². The Kier molecular flexibility index (Phi) is 5.10. The second kappa shape index (κ2) is 7.24. The molecule has 2 N–H and O–H groups in total. The number of benzene rings is 1. The van der Waals surface area contributed by atoms with E-state index in [0.717, 1.165) is 17.9 Å². The molecule has 1 aromatic carbocycles. The molecule has 2 aliphatic rings. The molecule has 1 aliphatic carbocycles. The molecule has 1 aliphatic heterocycles. The lowest BCUT2D eigenvalue weighted by molar-refractivity contribution is 0.354. The molecule has 2 fully saturated rings. The Morgan fingerprint density at radius 1 is 1.24 bits per heavy atom. The summed E-state index contributed by atoms with van der Waals surface area (Å²) in [4.78, 5) is 0. The zero-order valence-corrected chi connectivity index (χ0v) is 13.1. The van der Waals surface area contributed by atoms with Gasteiger partial charge >= 0.3 is 0 Å². The quantitative estimate of drug-likeness (QED) is 0.836. The van der Waals surface area contributed by atoms with Crippen LogP contribution < -0.4 is 10.6 Å². The first-order valence-electron chi connectivity index (χ1n) is 8.56. The number of rotatable bonds is 6. The zero-order chi connectivity index (χ0) is 14.5. The van der Waals surface area contributed by atoms with Crippen molar-refractivity contribution < 1.29 is 0 Å². The Morgan fingerprint density at radius 2 is 2.00 bits per heavy atom. The van der Waals surface area contributed by atoms with Gasteiger partial charge in [0.1, 0.15) is 0 Å². The molecule has 0 aromatic heterocycles. The Balaban J connectivity index is 1.49. The standard InChI is InChI=1S/C19H28N2/c1-2-17(12-15-6-4-3-5-7-15)18-13-19(18)21-14-16-8-10-20-11-9-16/h3-7,12,16,18-21H,2,8-11,13-14H2,1H3/b17-12+. The summed E-state index contributed by atoms with van der Waals surface area (Å²) in [5.41, 5.74) is 2.96. The minimum Gasteiger partial charge on any atom is -0.317 e. The van der Waals surface area contributed by atoms with E-state index in [9.17, 15) is 0 Å². The lowest BCUT2D eigenvalue weighted by Crippen LogP contribution is -2.34. The minimum atomic E-state index is 0.731. The fraction of sp³-hybridized carbons (Fsp3) is 0.579. The molecule has 0 bridgehead atoms. The van der Waals surface area contributed by atoms with Gasteiger partial charge in [-0.1, -0.05) is 48.9 Å². The van der Waals surface area contributed by atoms with Gasteiger partial charge in [-0.2, -0.15) is 0 Å². The van der Waals surface area contributed by atoms with E-state index in [1.807, 2.05) is 0 Å². The molecule has 2 heteroatoms. The second-order valence-electron chi connectivity index (χ2n) is 6.53. The van der Waals surface area contributed by atoms with Gasteiger partial charge in [-0.15, -0.1) is 0 Å². The topological polar surface area (TPSA) is 24.1 Å². The number of nitrogens with one attached hydrogen (secondary N) is 2. The van der Waals surface area contributed by atoms with Crippen molar-refractivity contribution in [2.75, 3.05) is 19.6 Å². The van der Waals surface area contributed by atoms with E-state index in [2.05, 4.69) is 54.0 Å². The van der Waals surface area contributed by atoms with Crippen molar-refractivity contribution in [3.05, 3.63) is 41.5 Å². The lowest BCUT2D eigenvalue weighted by atomic mass is 9.98. The highest BCUT2D eigenvalue weighted by molar-refractivity contribution is 5.54. The summed E-state index contributed by atoms with van der Waals surface area (Å²) < 4.78 is 0. The normalized spacial score (nSPS) is 26.8. The molecule has 0 spiro atoms. The number of piperidine rings is 1. The SMILES string of the molecule is CC/C(=C\c1ccccc1)C1CC1NCC1CCNCC1. The van der Waals surface area contributed by atoms with Crippen molar-refractivity contribution in [2.45, 2.75) is 38.6 Å². The van der Waals surface area contributed by atoms with Crippen molar-refractivity contribution in [2.24, 2.45) is 11.8 Å². The van der Waals surface area contributed by atoms with Crippen LogP contribution in [-0.4, -0.2) is 25.7 Å². The molecule has 1 heterocycles. The van der Waals surface area contributed by atoms with Gasteiger partial charge in [-0.05, 0) is 62.7 Å². The summed E-state index contributed by atoms with van der Waals surface area (Å²) in [5.74, 6) is 1.66. The molecule has 0 amide bonds. The van der Waals surface area contributed by atoms with E-state index < -0.39 is 0 Å². The van der Waals surface area contributed by atoms with Crippen molar-refractivity contribution >= 4 is 6.08 Å². The van der Waals surface area contributed by atoms with Crippen molar-refractivity contribution in [3.8, 4) is 0 Å². The maximum atomic E-state index is 3.81. The third kappa shape index (κ3) is 4.18. The van der Waals surface area contributed by atoms with Crippen LogP contribution in [0.5, 0.6) is 0 Å². The molecule has 1 saturated heterocycles. The van der Waals surface area contributed by atoms with Gasteiger partial charge in [0, 0.05) is 6.04 Å². The average molecular weight is 284 g/mol. The van der Waals surface area contributed by atoms with Crippen LogP contribution in [0.25, 0.3) is 6.08 Å². The van der Waals surface area contributed by atoms with Gasteiger partial charge < -0.3 is 10.6 Å². The van der Waals surface area contributed by atoms with E-state index in [-0.39, 0.29) is 0 Å². The summed E-state index contributed by atoms with van der Waals surface area (Å²) in [6.45, 7) is 5.91. The maximum absolute atomic E-state index is 3.81. The zero-order valence-electron chi connectivity index (χ0n) is 13.1. The van der Waals surface area contributed by atoms with Crippen LogP contribution in [0.3, 0.4) is 0 Å². The molecular weight excluding hydrogens is 256 g/mol. The highest BCUT2D eigenvalue weighted by Gasteiger charge is 2.38. The summed E-state index contributed by atoms with van der Waals surface area (Å²) >= 11 is 0. The predicted octanol–water partition coefficient (Wildman–Crippen LogP) is 3.46. The molecule has 2 nitrogen and oxygen atoms in total. The van der Waals surface area contributed by atoms with E-state index in [1.54, 1.807) is 5.57 Å². The molecule has 3 rings (SSSR count). The van der Waals surface area contributed by atoms with Gasteiger partial charge in [0.15, 0.2) is 0 Å². The van der Waals surface area contributed by atoms with Crippen LogP contribution in [0.2, 0.25) is 0 Å². The van der Waals surface area contributed by atoms with Crippen LogP contribution in [0.15, 0.2) is 35.9 Å². The first-order chi connectivity index (χ1) is 10.4. The Bertz CT molecular complexity index is 460. The van der Waals surface area contributed by atoms with Gasteiger partial charge in [0.25, 0.3) is 0 Å². The third-order valence-electron chi connectivity index (χ3n) is 4.95. The molecule has 1 aromatic rings. The first-order valence-corrected chi connectivity index (χ1v) is 8.56. The maximum Gasteiger partial charge on any atom is 0.0140 e. The van der Waals surface area contributed by atoms with Crippen LogP contribution >= 0.6 is 0 Å². The summed E-state index contributed by atoms with van der Waals surface area (Å²) in [6.07, 6.45) is 7.58. The van der Waals surface area contributed by atoms with Crippen LogP contribution in [0.4, 0.5) is 0 Å². The highest BCUT2D eigenvalue weighted by Crippen LogP contribution is 2.39. The predicted molar refractivity (Wildman–Crippen MR) is 90.2 cm³/mol. The summed E-state index contributed by atoms with van der Waals surface area (Å²) in [6, 6.07) is 11.5. The average Bonchev–Trinajstić information content (AvgIpc) is 3.32. The molecule has 21 heavy (non-hydrogen) atoms. The monoisotopic (exact) mass is 284 g/mol. The Hall–Kier alpha value is -1.12. The molecule has 0 radical (unpaired) electrons. The smallest absolute Gasteiger partial charge is 0.0140 e. The van der Waals surface area contributed by atoms with Crippen molar-refractivity contribution in [1.29, 1.82) is 0 Å². The molecular formula is C19H28N2. The van der Waals surface area contributed by atoms with E-state index in [1.165, 1.54) is 50.9 Å². The fourth-order valence-corrected chi connectivity index (χ4v) is 3.47. The summed E-state index contributed by atoms with van der Waals surface area (Å²) in [7, 11) is 0. The number of hydrogen-bond donors (Lipinski definition) is 2. The highest BCUT2D eigenvalue weighted by atomic mass is 15.0. The molecule has 2 atom stereocenters. The van der Waals surface area contributed by atoms with E-state index in [0.29, 0.717) is 0 Å². The minimum absolute atomic E-state index is 0.731. The largest absolute Gasteiger partial charge is 0.317 e. The molecule has 114 valence electrons. The number of hydrogen-bond acceptors (Lipinski definition) is 2. The Morgan fingerprint density at radius 3 is 2.71 bits per heavy atom. The lowest BCUT2D eigenvalue weighted by Gasteiger charge is -2.23. The van der Waals surface area contributed by atoms with Gasteiger partial charge in [-0.3, -0.25) is 0 Å². The van der Waals surface area contributed by atoms with E-state index in [4.69, 9.17) is 0 Å². The third-order valence-corrected chi connectivity index (χ3v) is 4.95. The molecule has 2 unspecified atom stereocenters. The molecule has 1 saturated carbocycles. The van der Waals surface area contributed by atoms with Crippen LogP contribution in [-0.2, 0) is 0 Å². The van der Waals surface area contributed by atoms with Gasteiger partial charge in [0.05, 0.1) is 0 Å². The van der Waals surface area contributed by atoms with Crippen molar-refractivity contribution in [1.82, 2.24) is 10.6 Å². The van der Waals surface area contributed by atoms with Crippen LogP contribution in [0, 0.1) is 11.8 Å². The summed E-state index contributed by atoms with van der Waals surface area (Å²) in [5, 5.41) is 7.25. The van der Waals surface area contributed by atoms with E-state index >= 15 is 0 Å². The van der Waals surface area contributed by atoms with Crippen LogP contribution in [0.1, 0.15) is 38.2 Å². The van der Waals surface area contributed by atoms with Gasteiger partial charge in [0.2, 0.25) is 0 Å².